The van der Waals surface area contributed by atoms with Crippen molar-refractivity contribution in [2.75, 3.05) is 0 Å². The summed E-state index contributed by atoms with van der Waals surface area (Å²) in [5.41, 5.74) is 7.26. The van der Waals surface area contributed by atoms with Gasteiger partial charge in [-0.3, -0.25) is 0 Å². The molecule has 0 amide bonds. The van der Waals surface area contributed by atoms with Gasteiger partial charge in [-0.2, -0.15) is 5.10 Å². The first-order valence-corrected chi connectivity index (χ1v) is 4.42. The lowest BCUT2D eigenvalue weighted by molar-refractivity contribution is 0.165. The van der Waals surface area contributed by atoms with Crippen molar-refractivity contribution in [3.63, 3.8) is 0 Å². The Balaban J connectivity index is 2.53. The maximum absolute atomic E-state index is 9.36. The number of aromatic nitrogens is 3. The third-order valence-corrected chi connectivity index (χ3v) is 2.19. The molecule has 0 fully saturated rings. The molecule has 2 unspecified atom stereocenters. The molecule has 2 aromatic rings. The topological polar surface area (TPSA) is 76.4 Å². The SMILES string of the molecule is CC(O)C(N)c1cnn2cccnc12. The van der Waals surface area contributed by atoms with Gasteiger partial charge in [-0.05, 0) is 13.0 Å². The molecular formula is C9H12N4O. The maximum atomic E-state index is 9.36. The van der Waals surface area contributed by atoms with Gasteiger partial charge in [0.2, 0.25) is 0 Å². The fraction of sp³-hybridized carbons (Fsp3) is 0.333. The van der Waals surface area contributed by atoms with Crippen molar-refractivity contribution in [2.24, 2.45) is 5.73 Å². The van der Waals surface area contributed by atoms with Crippen molar-refractivity contribution < 1.29 is 5.11 Å². The molecule has 2 atom stereocenters. The zero-order valence-electron chi connectivity index (χ0n) is 7.83. The molecule has 5 nitrogen and oxygen atoms in total. The Kier molecular flexibility index (Phi) is 2.18. The number of hydrogen-bond acceptors (Lipinski definition) is 4. The van der Waals surface area contributed by atoms with Gasteiger partial charge in [-0.25, -0.2) is 9.50 Å². The van der Waals surface area contributed by atoms with Crippen molar-refractivity contribution in [2.45, 2.75) is 19.1 Å². The predicted octanol–water partition coefficient (Wildman–Crippen LogP) is 0.110. The minimum atomic E-state index is -0.606. The number of nitrogens with two attached hydrogens (primary N) is 1. The molecule has 0 bridgehead atoms. The van der Waals surface area contributed by atoms with Crippen LogP contribution in [0.5, 0.6) is 0 Å². The highest BCUT2D eigenvalue weighted by Gasteiger charge is 2.17. The number of rotatable bonds is 2. The van der Waals surface area contributed by atoms with Crippen LogP contribution in [-0.4, -0.2) is 25.8 Å². The lowest BCUT2D eigenvalue weighted by Gasteiger charge is -2.12. The van der Waals surface area contributed by atoms with Crippen LogP contribution in [0.4, 0.5) is 0 Å². The Morgan fingerprint density at radius 2 is 2.36 bits per heavy atom. The highest BCUT2D eigenvalue weighted by atomic mass is 16.3. The van der Waals surface area contributed by atoms with Gasteiger partial charge in [0.25, 0.3) is 0 Å². The lowest BCUT2D eigenvalue weighted by atomic mass is 10.1. The maximum Gasteiger partial charge on any atom is 0.159 e. The van der Waals surface area contributed by atoms with Crippen molar-refractivity contribution in [3.05, 3.63) is 30.2 Å². The second-order valence-electron chi connectivity index (χ2n) is 3.25. The van der Waals surface area contributed by atoms with Gasteiger partial charge >= 0.3 is 0 Å². The quantitative estimate of drug-likeness (QED) is 0.708. The summed E-state index contributed by atoms with van der Waals surface area (Å²) in [6.07, 6.45) is 4.50. The third kappa shape index (κ3) is 1.36. The number of aliphatic hydroxyl groups excluding tert-OH is 1. The van der Waals surface area contributed by atoms with Crippen LogP contribution in [0, 0.1) is 0 Å². The molecule has 0 aliphatic heterocycles. The van der Waals surface area contributed by atoms with E-state index in [0.717, 1.165) is 5.56 Å². The summed E-state index contributed by atoms with van der Waals surface area (Å²) >= 11 is 0. The van der Waals surface area contributed by atoms with Crippen LogP contribution in [0.3, 0.4) is 0 Å². The van der Waals surface area contributed by atoms with Gasteiger partial charge in [0.05, 0.1) is 18.3 Å². The zero-order valence-corrected chi connectivity index (χ0v) is 7.83. The minimum Gasteiger partial charge on any atom is -0.391 e. The smallest absolute Gasteiger partial charge is 0.159 e. The summed E-state index contributed by atoms with van der Waals surface area (Å²) in [4.78, 5) is 4.15. The summed E-state index contributed by atoms with van der Waals surface area (Å²) in [5.74, 6) is 0. The standard InChI is InChI=1S/C9H12N4O/c1-6(14)8(10)7-5-12-13-4-2-3-11-9(7)13/h2-6,8,14H,10H2,1H3. The van der Waals surface area contributed by atoms with Crippen molar-refractivity contribution in [1.82, 2.24) is 14.6 Å². The summed E-state index contributed by atoms with van der Waals surface area (Å²) in [7, 11) is 0. The number of fused-ring (bicyclic) bond motifs is 1. The summed E-state index contributed by atoms with van der Waals surface area (Å²) in [6, 6.07) is 1.35. The first-order chi connectivity index (χ1) is 6.70. The van der Waals surface area contributed by atoms with Crippen LogP contribution in [0.25, 0.3) is 5.65 Å². The largest absolute Gasteiger partial charge is 0.391 e. The molecule has 0 saturated heterocycles. The van der Waals surface area contributed by atoms with Gasteiger partial charge in [-0.15, -0.1) is 0 Å². The van der Waals surface area contributed by atoms with E-state index < -0.39 is 12.1 Å². The summed E-state index contributed by atoms with van der Waals surface area (Å²) < 4.78 is 1.64. The first kappa shape index (κ1) is 9.11. The molecule has 14 heavy (non-hydrogen) atoms. The molecule has 5 heteroatoms. The number of nitrogens with zero attached hydrogens (tertiary/aromatic N) is 3. The van der Waals surface area contributed by atoms with E-state index in [1.807, 2.05) is 0 Å². The highest BCUT2D eigenvalue weighted by molar-refractivity contribution is 5.47. The molecule has 2 aromatic heterocycles. The van der Waals surface area contributed by atoms with Gasteiger partial charge in [0, 0.05) is 18.0 Å². The molecule has 0 aliphatic carbocycles. The lowest BCUT2D eigenvalue weighted by Crippen LogP contribution is -2.23. The van der Waals surface area contributed by atoms with Gasteiger partial charge in [0.15, 0.2) is 5.65 Å². The molecular weight excluding hydrogens is 180 g/mol. The zero-order chi connectivity index (χ0) is 10.1. The number of hydrogen-bond donors (Lipinski definition) is 2. The van der Waals surface area contributed by atoms with E-state index in [9.17, 15) is 5.11 Å². The molecule has 2 heterocycles. The van der Waals surface area contributed by atoms with Crippen LogP contribution in [-0.2, 0) is 0 Å². The molecule has 0 saturated carbocycles. The van der Waals surface area contributed by atoms with E-state index in [0.29, 0.717) is 5.65 Å². The predicted molar refractivity (Wildman–Crippen MR) is 51.6 cm³/mol. The van der Waals surface area contributed by atoms with Crippen LogP contribution < -0.4 is 5.73 Å². The normalized spacial score (nSPS) is 15.6. The van der Waals surface area contributed by atoms with Crippen LogP contribution in [0.15, 0.2) is 24.7 Å². The summed E-state index contributed by atoms with van der Waals surface area (Å²) in [5, 5.41) is 13.4. The van der Waals surface area contributed by atoms with E-state index in [2.05, 4.69) is 10.1 Å². The van der Waals surface area contributed by atoms with Crippen LogP contribution >= 0.6 is 0 Å². The van der Waals surface area contributed by atoms with Crippen LogP contribution in [0.2, 0.25) is 0 Å². The minimum absolute atomic E-state index is 0.442. The van der Waals surface area contributed by atoms with E-state index in [1.54, 1.807) is 36.1 Å². The second kappa shape index (κ2) is 3.36. The molecule has 3 N–H and O–H groups in total. The third-order valence-electron chi connectivity index (χ3n) is 2.19. The molecule has 74 valence electrons. The van der Waals surface area contributed by atoms with Crippen molar-refractivity contribution in [1.29, 1.82) is 0 Å². The Bertz CT molecular complexity index is 437. The summed E-state index contributed by atoms with van der Waals surface area (Å²) in [6.45, 7) is 1.65. The van der Waals surface area contributed by atoms with Gasteiger partial charge in [-0.1, -0.05) is 0 Å². The average Bonchev–Trinajstić information content (AvgIpc) is 2.60. The van der Waals surface area contributed by atoms with Gasteiger partial charge in [0.1, 0.15) is 0 Å². The Labute approximate surface area is 81.2 Å². The molecule has 0 aliphatic rings. The first-order valence-electron chi connectivity index (χ1n) is 4.42. The molecule has 2 rings (SSSR count). The van der Waals surface area contributed by atoms with E-state index in [4.69, 9.17) is 5.73 Å². The average molecular weight is 192 g/mol. The highest BCUT2D eigenvalue weighted by Crippen LogP contribution is 2.17. The molecule has 0 aromatic carbocycles. The fourth-order valence-corrected chi connectivity index (χ4v) is 1.34. The van der Waals surface area contributed by atoms with E-state index in [-0.39, 0.29) is 0 Å². The van der Waals surface area contributed by atoms with E-state index in [1.165, 1.54) is 0 Å². The Hall–Kier alpha value is -1.46. The Morgan fingerprint density at radius 3 is 3.07 bits per heavy atom. The second-order valence-corrected chi connectivity index (χ2v) is 3.25. The van der Waals surface area contributed by atoms with Gasteiger partial charge < -0.3 is 10.8 Å². The molecule has 0 radical (unpaired) electrons. The number of aliphatic hydroxyl groups is 1. The monoisotopic (exact) mass is 192 g/mol. The fourth-order valence-electron chi connectivity index (χ4n) is 1.34. The molecule has 0 spiro atoms. The van der Waals surface area contributed by atoms with Crippen LogP contribution in [0.1, 0.15) is 18.5 Å². The van der Waals surface area contributed by atoms with Crippen molar-refractivity contribution >= 4 is 5.65 Å². The van der Waals surface area contributed by atoms with E-state index >= 15 is 0 Å². The van der Waals surface area contributed by atoms with Crippen molar-refractivity contribution in [3.8, 4) is 0 Å². The Morgan fingerprint density at radius 1 is 1.57 bits per heavy atom.